The first-order valence-corrected chi connectivity index (χ1v) is 9.36. The molecule has 2 fully saturated rings. The molecule has 3 rings (SSSR count). The van der Waals surface area contributed by atoms with E-state index in [1.807, 2.05) is 0 Å². The number of urea groups is 1. The fourth-order valence-corrected chi connectivity index (χ4v) is 3.67. The molecule has 2 N–H and O–H groups in total. The molecule has 7 nitrogen and oxygen atoms in total. The van der Waals surface area contributed by atoms with Crippen LogP contribution in [-0.4, -0.2) is 40.5 Å². The van der Waals surface area contributed by atoms with Crippen molar-refractivity contribution >= 4 is 35.5 Å². The number of aromatic hydroxyl groups is 1. The summed E-state index contributed by atoms with van der Waals surface area (Å²) in [4.78, 5) is 38.5. The van der Waals surface area contributed by atoms with Crippen LogP contribution in [0.4, 0.5) is 4.79 Å². The number of carbonyl (C=O) groups is 3. The van der Waals surface area contributed by atoms with E-state index in [-0.39, 0.29) is 28.1 Å². The fraction of sp³-hybridized carbons (Fsp3) is 0.421. The molecule has 0 spiro atoms. The molecule has 1 aliphatic carbocycles. The smallest absolute Gasteiger partial charge is 0.331 e. The number of rotatable bonds is 4. The third-order valence-electron chi connectivity index (χ3n) is 4.73. The number of ether oxygens (including phenoxy) is 1. The summed E-state index contributed by atoms with van der Waals surface area (Å²) in [5.41, 5.74) is 0.266. The zero-order valence-corrected chi connectivity index (χ0v) is 15.7. The lowest BCUT2D eigenvalue weighted by Crippen LogP contribution is -2.58. The summed E-state index contributed by atoms with van der Waals surface area (Å²) in [6.45, 7) is 2.07. The van der Waals surface area contributed by atoms with Gasteiger partial charge in [-0.2, -0.15) is 0 Å². The van der Waals surface area contributed by atoms with Crippen molar-refractivity contribution in [2.24, 2.45) is 0 Å². The van der Waals surface area contributed by atoms with Gasteiger partial charge in [-0.05, 0) is 43.5 Å². The number of phenols is 1. The monoisotopic (exact) mass is 392 g/mol. The van der Waals surface area contributed by atoms with Gasteiger partial charge < -0.3 is 9.84 Å². The second-order valence-electron chi connectivity index (χ2n) is 6.57. The maximum atomic E-state index is 12.9. The summed E-state index contributed by atoms with van der Waals surface area (Å²) in [6.07, 6.45) is 5.79. The van der Waals surface area contributed by atoms with Crippen LogP contribution in [0.5, 0.6) is 11.5 Å². The van der Waals surface area contributed by atoms with E-state index in [0.717, 1.165) is 37.0 Å². The van der Waals surface area contributed by atoms with Crippen LogP contribution in [0, 0.1) is 0 Å². The maximum Gasteiger partial charge on any atom is 0.331 e. The van der Waals surface area contributed by atoms with Crippen molar-refractivity contribution in [1.82, 2.24) is 10.2 Å². The summed E-state index contributed by atoms with van der Waals surface area (Å²) in [5, 5.41) is 12.2. The molecule has 4 amide bonds. The van der Waals surface area contributed by atoms with Crippen molar-refractivity contribution in [3.05, 3.63) is 28.3 Å². The Kier molecular flexibility index (Phi) is 5.70. The van der Waals surface area contributed by atoms with Gasteiger partial charge in [-0.15, -0.1) is 0 Å². The number of imide groups is 2. The predicted molar refractivity (Wildman–Crippen MR) is 99.5 cm³/mol. The Hall–Kier alpha value is -2.54. The van der Waals surface area contributed by atoms with Crippen molar-refractivity contribution in [1.29, 1.82) is 0 Å². The number of halogens is 1. The number of hydrogen-bond acceptors (Lipinski definition) is 5. The van der Waals surface area contributed by atoms with Crippen LogP contribution in [0.15, 0.2) is 17.7 Å². The second-order valence-corrected chi connectivity index (χ2v) is 6.97. The first-order chi connectivity index (χ1) is 12.9. The Morgan fingerprint density at radius 1 is 1.26 bits per heavy atom. The molecule has 0 unspecified atom stereocenters. The molecule has 0 bridgehead atoms. The fourth-order valence-electron chi connectivity index (χ4n) is 3.45. The molecule has 0 atom stereocenters. The minimum atomic E-state index is -0.751. The molecular formula is C19H21ClN2O5. The van der Waals surface area contributed by atoms with E-state index in [9.17, 15) is 19.5 Å². The summed E-state index contributed by atoms with van der Waals surface area (Å²) in [6, 6.07) is 2.03. The van der Waals surface area contributed by atoms with Crippen molar-refractivity contribution in [3.8, 4) is 11.5 Å². The van der Waals surface area contributed by atoms with Crippen LogP contribution in [0.25, 0.3) is 6.08 Å². The molecule has 1 aromatic rings. The van der Waals surface area contributed by atoms with Crippen LogP contribution < -0.4 is 10.1 Å². The van der Waals surface area contributed by atoms with Gasteiger partial charge in [0, 0.05) is 6.04 Å². The summed E-state index contributed by atoms with van der Waals surface area (Å²) >= 11 is 6.01. The average molecular weight is 393 g/mol. The number of carbonyl (C=O) groups excluding carboxylic acids is 3. The molecule has 144 valence electrons. The van der Waals surface area contributed by atoms with E-state index in [1.54, 1.807) is 6.92 Å². The molecule has 27 heavy (non-hydrogen) atoms. The Morgan fingerprint density at radius 2 is 1.96 bits per heavy atom. The zero-order chi connectivity index (χ0) is 19.6. The molecule has 1 aliphatic heterocycles. The van der Waals surface area contributed by atoms with Crippen molar-refractivity contribution in [2.45, 2.75) is 45.1 Å². The third kappa shape index (κ3) is 3.93. The highest BCUT2D eigenvalue weighted by atomic mass is 35.5. The predicted octanol–water partition coefficient (Wildman–Crippen LogP) is 3.24. The van der Waals surface area contributed by atoms with Gasteiger partial charge in [0.25, 0.3) is 11.8 Å². The van der Waals surface area contributed by atoms with Crippen LogP contribution in [0.3, 0.4) is 0 Å². The number of hydrogen-bond donors (Lipinski definition) is 2. The molecule has 2 aliphatic rings. The van der Waals surface area contributed by atoms with Crippen LogP contribution in [-0.2, 0) is 9.59 Å². The topological polar surface area (TPSA) is 95.9 Å². The maximum absolute atomic E-state index is 12.9. The van der Waals surface area contributed by atoms with Gasteiger partial charge >= 0.3 is 6.03 Å². The van der Waals surface area contributed by atoms with Gasteiger partial charge in [0.2, 0.25) is 0 Å². The van der Waals surface area contributed by atoms with Gasteiger partial charge in [0.05, 0.1) is 11.6 Å². The molecule has 1 saturated heterocycles. The van der Waals surface area contributed by atoms with Crippen molar-refractivity contribution in [2.75, 3.05) is 6.61 Å². The number of nitrogens with zero attached hydrogens (tertiary/aromatic N) is 1. The lowest BCUT2D eigenvalue weighted by molar-refractivity contribution is -0.132. The quantitative estimate of drug-likeness (QED) is 0.605. The summed E-state index contributed by atoms with van der Waals surface area (Å²) < 4.78 is 5.32. The Balaban J connectivity index is 1.95. The Bertz CT molecular complexity index is 815. The van der Waals surface area contributed by atoms with Crippen LogP contribution >= 0.6 is 11.6 Å². The van der Waals surface area contributed by atoms with E-state index in [2.05, 4.69) is 5.32 Å². The second kappa shape index (κ2) is 8.00. The van der Waals surface area contributed by atoms with E-state index in [4.69, 9.17) is 16.3 Å². The number of benzene rings is 1. The minimum Gasteiger partial charge on any atom is -0.503 e. The Labute approximate surface area is 161 Å². The first-order valence-electron chi connectivity index (χ1n) is 8.98. The number of nitrogens with one attached hydrogen (secondary N) is 1. The third-order valence-corrected chi connectivity index (χ3v) is 5.02. The summed E-state index contributed by atoms with van der Waals surface area (Å²) in [7, 11) is 0. The molecule has 1 saturated carbocycles. The SMILES string of the molecule is CCOc1cc(C=C2C(=O)NC(=O)N(C3CCCCC3)C2=O)cc(Cl)c1O. The van der Waals surface area contributed by atoms with Gasteiger partial charge in [-0.25, -0.2) is 4.79 Å². The number of amides is 4. The van der Waals surface area contributed by atoms with Gasteiger partial charge in [0.15, 0.2) is 11.5 Å². The molecule has 1 aromatic carbocycles. The number of phenolic OH excluding ortho intramolecular Hbond substituents is 1. The summed E-state index contributed by atoms with van der Waals surface area (Å²) in [5.74, 6) is -1.42. The molecule has 0 radical (unpaired) electrons. The molecule has 8 heteroatoms. The van der Waals surface area contributed by atoms with E-state index >= 15 is 0 Å². The highest BCUT2D eigenvalue weighted by Gasteiger charge is 2.40. The molecular weight excluding hydrogens is 372 g/mol. The molecule has 0 aromatic heterocycles. The average Bonchev–Trinajstić information content (AvgIpc) is 2.63. The van der Waals surface area contributed by atoms with E-state index < -0.39 is 17.8 Å². The highest BCUT2D eigenvalue weighted by Crippen LogP contribution is 2.36. The van der Waals surface area contributed by atoms with Gasteiger partial charge in [0.1, 0.15) is 5.57 Å². The zero-order valence-electron chi connectivity index (χ0n) is 15.0. The lowest BCUT2D eigenvalue weighted by atomic mass is 9.93. The number of barbiturate groups is 1. The standard InChI is InChI=1S/C19H21ClN2O5/c1-2-27-15-10-11(9-14(20)16(15)23)8-13-17(24)21-19(26)22(18(13)25)12-6-4-3-5-7-12/h8-10,12,23H,2-7H2,1H3,(H,21,24,26). The van der Waals surface area contributed by atoms with E-state index in [1.165, 1.54) is 18.2 Å². The van der Waals surface area contributed by atoms with E-state index in [0.29, 0.717) is 12.2 Å². The van der Waals surface area contributed by atoms with Gasteiger partial charge in [-0.3, -0.25) is 19.8 Å². The van der Waals surface area contributed by atoms with Crippen molar-refractivity contribution in [3.63, 3.8) is 0 Å². The highest BCUT2D eigenvalue weighted by molar-refractivity contribution is 6.33. The van der Waals surface area contributed by atoms with Gasteiger partial charge in [-0.1, -0.05) is 30.9 Å². The normalized spacial score (nSPS) is 20.1. The minimum absolute atomic E-state index is 0.0386. The molecule has 1 heterocycles. The lowest BCUT2D eigenvalue weighted by Gasteiger charge is -2.35. The first kappa shape index (κ1) is 19.2. The van der Waals surface area contributed by atoms with Crippen molar-refractivity contribution < 1.29 is 24.2 Å². The Morgan fingerprint density at radius 3 is 2.63 bits per heavy atom. The van der Waals surface area contributed by atoms with Crippen LogP contribution in [0.2, 0.25) is 5.02 Å². The van der Waals surface area contributed by atoms with Crippen LogP contribution in [0.1, 0.15) is 44.6 Å². The largest absolute Gasteiger partial charge is 0.503 e.